The van der Waals surface area contributed by atoms with E-state index in [4.69, 9.17) is 5.11 Å². The first-order valence-electron chi connectivity index (χ1n) is 7.07. The molecular formula is C16H20N2O3. The van der Waals surface area contributed by atoms with Gasteiger partial charge in [0.05, 0.1) is 0 Å². The Labute approximate surface area is 124 Å². The van der Waals surface area contributed by atoms with E-state index >= 15 is 0 Å². The Hall–Kier alpha value is -2.30. The molecule has 0 saturated carbocycles. The van der Waals surface area contributed by atoms with Crippen LogP contribution < -0.4 is 5.32 Å². The van der Waals surface area contributed by atoms with Crippen LogP contribution in [0.15, 0.2) is 30.3 Å². The third-order valence-electron chi connectivity index (χ3n) is 3.54. The maximum absolute atomic E-state index is 12.0. The number of hydrogen-bond donors (Lipinski definition) is 2. The lowest BCUT2D eigenvalue weighted by molar-refractivity contribution is -0.137. The van der Waals surface area contributed by atoms with E-state index in [1.807, 2.05) is 12.1 Å². The van der Waals surface area contributed by atoms with Gasteiger partial charge in [-0.25, -0.2) is 4.79 Å². The fourth-order valence-corrected chi connectivity index (χ4v) is 2.38. The number of carbonyl (C=O) groups is 2. The van der Waals surface area contributed by atoms with Gasteiger partial charge in [-0.15, -0.1) is 0 Å². The average molecular weight is 288 g/mol. The Balaban J connectivity index is 1.82. The van der Waals surface area contributed by atoms with Gasteiger partial charge in [-0.2, -0.15) is 0 Å². The summed E-state index contributed by atoms with van der Waals surface area (Å²) < 4.78 is 0. The van der Waals surface area contributed by atoms with E-state index in [1.165, 1.54) is 11.1 Å². The quantitative estimate of drug-likeness (QED) is 0.817. The summed E-state index contributed by atoms with van der Waals surface area (Å²) >= 11 is 0. The molecule has 2 amide bonds. The Morgan fingerprint density at radius 2 is 2.10 bits per heavy atom. The lowest BCUT2D eigenvalue weighted by atomic mass is 10.0. The van der Waals surface area contributed by atoms with Gasteiger partial charge in [0.2, 0.25) is 0 Å². The summed E-state index contributed by atoms with van der Waals surface area (Å²) in [6, 6.07) is 7.99. The number of amides is 2. The molecule has 112 valence electrons. The van der Waals surface area contributed by atoms with Gasteiger partial charge in [0, 0.05) is 26.1 Å². The fraction of sp³-hybridized carbons (Fsp3) is 0.375. The summed E-state index contributed by atoms with van der Waals surface area (Å²) in [6.07, 6.45) is 2.60. The SMILES string of the molecule is Cc1ccccc1C1=CCN(C(=O)NCCCC(=O)O)C1. The van der Waals surface area contributed by atoms with Crippen LogP contribution in [0, 0.1) is 6.92 Å². The van der Waals surface area contributed by atoms with E-state index in [9.17, 15) is 9.59 Å². The molecule has 0 atom stereocenters. The number of aryl methyl sites for hydroxylation is 1. The summed E-state index contributed by atoms with van der Waals surface area (Å²) in [5, 5.41) is 11.3. The Morgan fingerprint density at radius 1 is 1.33 bits per heavy atom. The van der Waals surface area contributed by atoms with Crippen molar-refractivity contribution in [2.24, 2.45) is 0 Å². The number of nitrogens with one attached hydrogen (secondary N) is 1. The van der Waals surface area contributed by atoms with Gasteiger partial charge in [0.15, 0.2) is 0 Å². The molecule has 0 unspecified atom stereocenters. The number of urea groups is 1. The topological polar surface area (TPSA) is 69.6 Å². The predicted molar refractivity (Wildman–Crippen MR) is 81.0 cm³/mol. The highest BCUT2D eigenvalue weighted by molar-refractivity contribution is 5.81. The van der Waals surface area contributed by atoms with Crippen molar-refractivity contribution in [1.82, 2.24) is 10.2 Å². The zero-order chi connectivity index (χ0) is 15.2. The molecule has 1 aliphatic rings. The van der Waals surface area contributed by atoms with Crippen molar-refractivity contribution < 1.29 is 14.7 Å². The largest absolute Gasteiger partial charge is 0.481 e. The van der Waals surface area contributed by atoms with Crippen LogP contribution >= 0.6 is 0 Å². The Morgan fingerprint density at radius 3 is 2.81 bits per heavy atom. The lowest BCUT2D eigenvalue weighted by Gasteiger charge is -2.17. The van der Waals surface area contributed by atoms with Crippen molar-refractivity contribution in [2.75, 3.05) is 19.6 Å². The summed E-state index contributed by atoms with van der Waals surface area (Å²) in [5.74, 6) is -0.839. The minimum Gasteiger partial charge on any atom is -0.481 e. The predicted octanol–water partition coefficient (Wildman–Crippen LogP) is 2.27. The second-order valence-corrected chi connectivity index (χ2v) is 5.15. The van der Waals surface area contributed by atoms with Crippen LogP contribution in [0.4, 0.5) is 4.79 Å². The fourth-order valence-electron chi connectivity index (χ4n) is 2.38. The van der Waals surface area contributed by atoms with Crippen molar-refractivity contribution >= 4 is 17.6 Å². The first-order chi connectivity index (χ1) is 10.1. The third-order valence-corrected chi connectivity index (χ3v) is 3.54. The van der Waals surface area contributed by atoms with E-state index in [0.717, 1.165) is 5.57 Å². The van der Waals surface area contributed by atoms with Gasteiger partial charge >= 0.3 is 12.0 Å². The van der Waals surface area contributed by atoms with Crippen LogP contribution in [0.25, 0.3) is 5.57 Å². The van der Waals surface area contributed by atoms with E-state index in [-0.39, 0.29) is 12.5 Å². The molecule has 1 aromatic rings. The second kappa shape index (κ2) is 6.92. The molecular weight excluding hydrogens is 268 g/mol. The van der Waals surface area contributed by atoms with Crippen molar-refractivity contribution in [2.45, 2.75) is 19.8 Å². The number of carboxylic acids is 1. The highest BCUT2D eigenvalue weighted by Crippen LogP contribution is 2.23. The van der Waals surface area contributed by atoms with Gasteiger partial charge in [-0.3, -0.25) is 4.79 Å². The molecule has 0 bridgehead atoms. The van der Waals surface area contributed by atoms with Gasteiger partial charge < -0.3 is 15.3 Å². The highest BCUT2D eigenvalue weighted by atomic mass is 16.4. The number of benzene rings is 1. The lowest BCUT2D eigenvalue weighted by Crippen LogP contribution is -2.39. The van der Waals surface area contributed by atoms with E-state index in [0.29, 0.717) is 26.1 Å². The molecule has 1 aromatic carbocycles. The number of aliphatic carboxylic acids is 1. The smallest absolute Gasteiger partial charge is 0.317 e. The van der Waals surface area contributed by atoms with E-state index in [1.54, 1.807) is 4.90 Å². The summed E-state index contributed by atoms with van der Waals surface area (Å²) in [6.45, 7) is 3.64. The van der Waals surface area contributed by atoms with E-state index in [2.05, 4.69) is 30.4 Å². The Kier molecular flexibility index (Phi) is 4.98. The number of carboxylic acid groups (broad SMARTS) is 1. The van der Waals surface area contributed by atoms with Crippen molar-refractivity contribution in [3.63, 3.8) is 0 Å². The summed E-state index contributed by atoms with van der Waals surface area (Å²) in [7, 11) is 0. The number of rotatable bonds is 5. The van der Waals surface area contributed by atoms with Crippen molar-refractivity contribution in [3.8, 4) is 0 Å². The van der Waals surface area contributed by atoms with Crippen LogP contribution in [0.3, 0.4) is 0 Å². The van der Waals surface area contributed by atoms with Crippen LogP contribution in [-0.2, 0) is 4.79 Å². The van der Waals surface area contributed by atoms with E-state index < -0.39 is 5.97 Å². The molecule has 0 radical (unpaired) electrons. The van der Waals surface area contributed by atoms with Gasteiger partial charge in [0.25, 0.3) is 0 Å². The molecule has 2 rings (SSSR count). The molecule has 5 heteroatoms. The summed E-state index contributed by atoms with van der Waals surface area (Å²) in [5.41, 5.74) is 3.54. The molecule has 21 heavy (non-hydrogen) atoms. The second-order valence-electron chi connectivity index (χ2n) is 5.15. The standard InChI is InChI=1S/C16H20N2O3/c1-12-5-2-3-6-14(12)13-8-10-18(11-13)16(21)17-9-4-7-15(19)20/h2-3,5-6,8H,4,7,9-11H2,1H3,(H,17,21)(H,19,20). The molecule has 0 fully saturated rings. The normalized spacial score (nSPS) is 14.0. The zero-order valence-electron chi connectivity index (χ0n) is 12.1. The maximum Gasteiger partial charge on any atom is 0.317 e. The van der Waals surface area contributed by atoms with Crippen LogP contribution in [0.2, 0.25) is 0 Å². The number of hydrogen-bond acceptors (Lipinski definition) is 2. The van der Waals surface area contributed by atoms with Crippen LogP contribution in [0.5, 0.6) is 0 Å². The van der Waals surface area contributed by atoms with Crippen molar-refractivity contribution in [1.29, 1.82) is 0 Å². The molecule has 0 aliphatic carbocycles. The molecule has 0 spiro atoms. The minimum absolute atomic E-state index is 0.0764. The molecule has 1 heterocycles. The molecule has 0 saturated heterocycles. The van der Waals surface area contributed by atoms with Gasteiger partial charge in [-0.1, -0.05) is 30.3 Å². The number of nitrogens with zero attached hydrogens (tertiary/aromatic N) is 1. The minimum atomic E-state index is -0.839. The van der Waals surface area contributed by atoms with Gasteiger partial charge in [-0.05, 0) is 30.0 Å². The molecule has 0 aromatic heterocycles. The first-order valence-corrected chi connectivity index (χ1v) is 7.07. The molecule has 1 aliphatic heterocycles. The van der Waals surface area contributed by atoms with Crippen molar-refractivity contribution in [3.05, 3.63) is 41.5 Å². The number of carbonyl (C=O) groups excluding carboxylic acids is 1. The summed E-state index contributed by atoms with van der Waals surface area (Å²) in [4.78, 5) is 24.1. The first kappa shape index (κ1) is 15.1. The maximum atomic E-state index is 12.0. The zero-order valence-corrected chi connectivity index (χ0v) is 12.1. The van der Waals surface area contributed by atoms with Crippen LogP contribution in [0.1, 0.15) is 24.0 Å². The third kappa shape index (κ3) is 4.08. The van der Waals surface area contributed by atoms with Gasteiger partial charge in [0.1, 0.15) is 0 Å². The van der Waals surface area contributed by atoms with Crippen LogP contribution in [-0.4, -0.2) is 41.6 Å². The average Bonchev–Trinajstić information content (AvgIpc) is 2.93. The Bertz CT molecular complexity index is 566. The monoisotopic (exact) mass is 288 g/mol. The molecule has 5 nitrogen and oxygen atoms in total. The molecule has 2 N–H and O–H groups in total. The highest BCUT2D eigenvalue weighted by Gasteiger charge is 2.20.